The number of thiophene rings is 1. The number of pyridine rings is 2. The van der Waals surface area contributed by atoms with Crippen LogP contribution in [0.3, 0.4) is 0 Å². The molecule has 0 aromatic carbocycles. The van der Waals surface area contributed by atoms with E-state index in [9.17, 15) is 4.79 Å². The highest BCUT2D eigenvalue weighted by molar-refractivity contribution is 7.21. The molecule has 0 unspecified atom stereocenters. The maximum absolute atomic E-state index is 12.3. The minimum atomic E-state index is -0.137. The smallest absolute Gasteiger partial charge is 0.263 e. The number of anilines is 1. The molecular weight excluding hydrogens is 308 g/mol. The molecule has 3 rings (SSSR count). The number of amides is 1. The van der Waals surface area contributed by atoms with Crippen molar-refractivity contribution in [2.45, 2.75) is 13.8 Å². The van der Waals surface area contributed by atoms with E-state index in [-0.39, 0.29) is 5.91 Å². The number of rotatable bonds is 4. The van der Waals surface area contributed by atoms with Gasteiger partial charge in [0.25, 0.3) is 5.91 Å². The summed E-state index contributed by atoms with van der Waals surface area (Å²) in [6.45, 7) is 4.73. The van der Waals surface area contributed by atoms with E-state index < -0.39 is 0 Å². The van der Waals surface area contributed by atoms with E-state index in [1.165, 1.54) is 11.3 Å². The van der Waals surface area contributed by atoms with E-state index in [1.54, 1.807) is 12.4 Å². The molecule has 118 valence electrons. The first kappa shape index (κ1) is 15.4. The number of nitrogens with two attached hydrogens (primary N) is 1. The van der Waals surface area contributed by atoms with Crippen molar-refractivity contribution in [3.63, 3.8) is 0 Å². The second-order valence-corrected chi connectivity index (χ2v) is 6.74. The molecule has 3 aromatic rings. The van der Waals surface area contributed by atoms with Crippen LogP contribution in [0, 0.1) is 5.92 Å². The molecule has 1 amide bonds. The quantitative estimate of drug-likeness (QED) is 0.770. The monoisotopic (exact) mass is 326 g/mol. The van der Waals surface area contributed by atoms with E-state index in [0.29, 0.717) is 23.0 Å². The van der Waals surface area contributed by atoms with Crippen LogP contribution < -0.4 is 11.1 Å². The highest BCUT2D eigenvalue weighted by atomic mass is 32.1. The zero-order valence-electron chi connectivity index (χ0n) is 13.0. The largest absolute Gasteiger partial charge is 0.397 e. The SMILES string of the molecule is CC(C)CNC(=O)c1sc2nc(-c3cccnc3)ccc2c1N. The van der Waals surface area contributed by atoms with Gasteiger partial charge in [0.15, 0.2) is 0 Å². The number of aromatic nitrogens is 2. The zero-order valence-corrected chi connectivity index (χ0v) is 13.9. The molecule has 5 nitrogen and oxygen atoms in total. The molecule has 0 radical (unpaired) electrons. The molecule has 3 aromatic heterocycles. The van der Waals surface area contributed by atoms with Crippen LogP contribution in [-0.4, -0.2) is 22.4 Å². The molecule has 3 N–H and O–H groups in total. The molecule has 23 heavy (non-hydrogen) atoms. The fourth-order valence-corrected chi connectivity index (χ4v) is 3.23. The topological polar surface area (TPSA) is 80.9 Å². The Labute approximate surface area is 138 Å². The van der Waals surface area contributed by atoms with Gasteiger partial charge in [0, 0.05) is 29.9 Å². The van der Waals surface area contributed by atoms with E-state index in [4.69, 9.17) is 5.73 Å². The van der Waals surface area contributed by atoms with Crippen molar-refractivity contribution in [2.75, 3.05) is 12.3 Å². The predicted molar refractivity (Wildman–Crippen MR) is 94.4 cm³/mol. The Morgan fingerprint density at radius 3 is 2.87 bits per heavy atom. The Kier molecular flexibility index (Phi) is 4.25. The van der Waals surface area contributed by atoms with Crippen LogP contribution in [-0.2, 0) is 0 Å². The number of nitrogen functional groups attached to an aromatic ring is 1. The van der Waals surface area contributed by atoms with Crippen LogP contribution in [0.2, 0.25) is 0 Å². The molecule has 0 spiro atoms. The second kappa shape index (κ2) is 6.34. The van der Waals surface area contributed by atoms with Gasteiger partial charge in [-0.15, -0.1) is 11.3 Å². The Morgan fingerprint density at radius 1 is 1.35 bits per heavy atom. The number of fused-ring (bicyclic) bond motifs is 1. The van der Waals surface area contributed by atoms with Gasteiger partial charge in [0.1, 0.15) is 9.71 Å². The molecule has 0 aliphatic heterocycles. The summed E-state index contributed by atoms with van der Waals surface area (Å²) in [5, 5.41) is 3.72. The van der Waals surface area contributed by atoms with Gasteiger partial charge in [0.05, 0.1) is 11.4 Å². The van der Waals surface area contributed by atoms with Crippen molar-refractivity contribution in [1.29, 1.82) is 0 Å². The third-order valence-corrected chi connectivity index (χ3v) is 4.54. The Morgan fingerprint density at radius 2 is 2.17 bits per heavy atom. The lowest BCUT2D eigenvalue weighted by Gasteiger charge is -2.06. The number of hydrogen-bond acceptors (Lipinski definition) is 5. The van der Waals surface area contributed by atoms with Crippen LogP contribution in [0.25, 0.3) is 21.5 Å². The molecule has 0 saturated carbocycles. The third kappa shape index (κ3) is 3.17. The molecule has 6 heteroatoms. The van der Waals surface area contributed by atoms with Gasteiger partial charge in [-0.1, -0.05) is 13.8 Å². The average Bonchev–Trinajstić information content (AvgIpc) is 2.90. The van der Waals surface area contributed by atoms with E-state index in [1.807, 2.05) is 24.3 Å². The number of nitrogens with one attached hydrogen (secondary N) is 1. The highest BCUT2D eigenvalue weighted by Gasteiger charge is 2.17. The summed E-state index contributed by atoms with van der Waals surface area (Å²) >= 11 is 1.32. The fraction of sp³-hybridized carbons (Fsp3) is 0.235. The van der Waals surface area contributed by atoms with E-state index >= 15 is 0 Å². The first-order chi connectivity index (χ1) is 11.1. The molecule has 3 heterocycles. The molecule has 0 bridgehead atoms. The average molecular weight is 326 g/mol. The lowest BCUT2D eigenvalue weighted by Crippen LogP contribution is -2.27. The molecule has 0 aliphatic rings. The molecule has 0 fully saturated rings. The van der Waals surface area contributed by atoms with Crippen molar-refractivity contribution < 1.29 is 4.79 Å². The number of nitrogens with zero attached hydrogens (tertiary/aromatic N) is 2. The Balaban J connectivity index is 1.97. The van der Waals surface area contributed by atoms with Gasteiger partial charge in [0.2, 0.25) is 0 Å². The van der Waals surface area contributed by atoms with Crippen LogP contribution >= 0.6 is 11.3 Å². The van der Waals surface area contributed by atoms with Crippen molar-refractivity contribution >= 4 is 33.1 Å². The van der Waals surface area contributed by atoms with Crippen LogP contribution in [0.5, 0.6) is 0 Å². The Hall–Kier alpha value is -2.47. The van der Waals surface area contributed by atoms with E-state index in [2.05, 4.69) is 29.1 Å². The maximum atomic E-state index is 12.3. The maximum Gasteiger partial charge on any atom is 0.263 e. The van der Waals surface area contributed by atoms with Crippen LogP contribution in [0.15, 0.2) is 36.7 Å². The van der Waals surface area contributed by atoms with Gasteiger partial charge in [-0.2, -0.15) is 0 Å². The fourth-order valence-electron chi connectivity index (χ4n) is 2.22. The molecule has 0 saturated heterocycles. The molecule has 0 aliphatic carbocycles. The first-order valence-corrected chi connectivity index (χ1v) is 8.25. The summed E-state index contributed by atoms with van der Waals surface area (Å²) in [7, 11) is 0. The van der Waals surface area contributed by atoms with Gasteiger partial charge >= 0.3 is 0 Å². The first-order valence-electron chi connectivity index (χ1n) is 7.44. The van der Waals surface area contributed by atoms with Crippen molar-refractivity contribution in [1.82, 2.24) is 15.3 Å². The van der Waals surface area contributed by atoms with Gasteiger partial charge < -0.3 is 11.1 Å². The summed E-state index contributed by atoms with van der Waals surface area (Å²) < 4.78 is 0. The summed E-state index contributed by atoms with van der Waals surface area (Å²) in [6.07, 6.45) is 3.49. The lowest BCUT2D eigenvalue weighted by atomic mass is 10.1. The highest BCUT2D eigenvalue weighted by Crippen LogP contribution is 2.34. The van der Waals surface area contributed by atoms with Crippen LogP contribution in [0.4, 0.5) is 5.69 Å². The summed E-state index contributed by atoms with van der Waals surface area (Å²) in [4.78, 5) is 22.3. The van der Waals surface area contributed by atoms with E-state index in [0.717, 1.165) is 21.5 Å². The number of carbonyl (C=O) groups excluding carboxylic acids is 1. The standard InChI is InChI=1S/C17H18N4OS/c1-10(2)8-20-16(22)15-14(18)12-5-6-13(21-17(12)23-15)11-4-3-7-19-9-11/h3-7,9-10H,8,18H2,1-2H3,(H,20,22). The summed E-state index contributed by atoms with van der Waals surface area (Å²) in [5.74, 6) is 0.256. The predicted octanol–water partition coefficient (Wildman–Crippen LogP) is 3.33. The van der Waals surface area contributed by atoms with Gasteiger partial charge in [-0.05, 0) is 30.2 Å². The third-order valence-electron chi connectivity index (χ3n) is 3.43. The molecular formula is C17H18N4OS. The van der Waals surface area contributed by atoms with Gasteiger partial charge in [-0.25, -0.2) is 4.98 Å². The van der Waals surface area contributed by atoms with Crippen molar-refractivity contribution in [3.8, 4) is 11.3 Å². The van der Waals surface area contributed by atoms with Crippen molar-refractivity contribution in [3.05, 3.63) is 41.5 Å². The second-order valence-electron chi connectivity index (χ2n) is 5.74. The molecule has 0 atom stereocenters. The van der Waals surface area contributed by atoms with Crippen molar-refractivity contribution in [2.24, 2.45) is 5.92 Å². The number of carbonyl (C=O) groups is 1. The van der Waals surface area contributed by atoms with Gasteiger partial charge in [-0.3, -0.25) is 9.78 Å². The number of hydrogen-bond donors (Lipinski definition) is 2. The normalized spacial score (nSPS) is 11.1. The van der Waals surface area contributed by atoms with Crippen LogP contribution in [0.1, 0.15) is 23.5 Å². The zero-order chi connectivity index (χ0) is 16.4. The summed E-state index contributed by atoms with van der Waals surface area (Å²) in [5.41, 5.74) is 8.39. The minimum Gasteiger partial charge on any atom is -0.397 e. The Bertz CT molecular complexity index is 842. The minimum absolute atomic E-state index is 0.137. The lowest BCUT2D eigenvalue weighted by molar-refractivity contribution is 0.0954. The summed E-state index contributed by atoms with van der Waals surface area (Å²) in [6, 6.07) is 7.64.